The van der Waals surface area contributed by atoms with Crippen molar-refractivity contribution in [2.45, 2.75) is 26.8 Å². The number of benzene rings is 1. The Balaban J connectivity index is 2.11. The first-order valence-electron chi connectivity index (χ1n) is 6.70. The zero-order chi connectivity index (χ0) is 14.5. The number of ether oxygens (including phenoxy) is 1. The van der Waals surface area contributed by atoms with E-state index in [9.17, 15) is 0 Å². The van der Waals surface area contributed by atoms with Gasteiger partial charge in [-0.2, -0.15) is 5.10 Å². The van der Waals surface area contributed by atoms with E-state index in [1.165, 1.54) is 16.7 Å². The van der Waals surface area contributed by atoms with Crippen molar-refractivity contribution < 1.29 is 4.74 Å². The summed E-state index contributed by atoms with van der Waals surface area (Å²) in [4.78, 5) is 4.53. The number of methoxy groups -OCH3 is 1. The lowest BCUT2D eigenvalue weighted by atomic mass is 10.0. The van der Waals surface area contributed by atoms with Crippen LogP contribution in [0.5, 0.6) is 0 Å². The third-order valence-corrected chi connectivity index (χ3v) is 3.97. The Morgan fingerprint density at radius 2 is 2.25 bits per heavy atom. The molecule has 1 aliphatic rings. The molecule has 1 heterocycles. The third-order valence-electron chi connectivity index (χ3n) is 3.08. The number of rotatable bonds is 4. The maximum Gasteiger partial charge on any atom is 0.177 e. The van der Waals surface area contributed by atoms with Crippen molar-refractivity contribution in [2.75, 3.05) is 19.5 Å². The van der Waals surface area contributed by atoms with E-state index in [4.69, 9.17) is 4.74 Å². The number of aryl methyl sites for hydroxylation is 2. The van der Waals surface area contributed by atoms with Crippen LogP contribution in [0.15, 0.2) is 28.3 Å². The van der Waals surface area contributed by atoms with Crippen molar-refractivity contribution in [1.29, 1.82) is 0 Å². The van der Waals surface area contributed by atoms with Gasteiger partial charge in [-0.3, -0.25) is 10.4 Å². The second-order valence-electron chi connectivity index (χ2n) is 5.02. The maximum absolute atomic E-state index is 5.08. The highest BCUT2D eigenvalue weighted by molar-refractivity contribution is 8.14. The Kier molecular flexibility index (Phi) is 5.20. The van der Waals surface area contributed by atoms with Crippen LogP contribution in [0.25, 0.3) is 0 Å². The zero-order valence-corrected chi connectivity index (χ0v) is 13.3. The number of aliphatic imine (C=N–C) groups is 1. The van der Waals surface area contributed by atoms with Gasteiger partial charge in [-0.05, 0) is 32.4 Å². The summed E-state index contributed by atoms with van der Waals surface area (Å²) in [6.45, 7) is 6.88. The molecule has 108 valence electrons. The predicted molar refractivity (Wildman–Crippen MR) is 86.8 cm³/mol. The van der Waals surface area contributed by atoms with Crippen molar-refractivity contribution in [3.8, 4) is 0 Å². The van der Waals surface area contributed by atoms with E-state index in [0.29, 0.717) is 6.61 Å². The van der Waals surface area contributed by atoms with Crippen LogP contribution in [0.1, 0.15) is 23.6 Å². The molecule has 0 bridgehead atoms. The van der Waals surface area contributed by atoms with Crippen LogP contribution in [-0.4, -0.2) is 36.4 Å². The minimum Gasteiger partial charge on any atom is -0.382 e. The molecule has 0 aliphatic carbocycles. The normalized spacial score (nSPS) is 18.6. The smallest absolute Gasteiger partial charge is 0.177 e. The van der Waals surface area contributed by atoms with E-state index in [0.717, 1.165) is 16.6 Å². The van der Waals surface area contributed by atoms with Gasteiger partial charge < -0.3 is 4.74 Å². The second kappa shape index (κ2) is 6.90. The van der Waals surface area contributed by atoms with E-state index < -0.39 is 0 Å². The molecule has 0 radical (unpaired) electrons. The monoisotopic (exact) mass is 291 g/mol. The lowest BCUT2D eigenvalue weighted by Crippen LogP contribution is -2.27. The zero-order valence-electron chi connectivity index (χ0n) is 12.4. The number of hydrogen-bond acceptors (Lipinski definition) is 4. The number of hydrazone groups is 1. The Morgan fingerprint density at radius 1 is 1.45 bits per heavy atom. The quantitative estimate of drug-likeness (QED) is 0.928. The van der Waals surface area contributed by atoms with Crippen LogP contribution in [0.3, 0.4) is 0 Å². The van der Waals surface area contributed by atoms with Crippen molar-refractivity contribution in [3.63, 3.8) is 0 Å². The molecule has 2 rings (SSSR count). The van der Waals surface area contributed by atoms with Crippen molar-refractivity contribution in [2.24, 2.45) is 10.1 Å². The molecule has 4 nitrogen and oxygen atoms in total. The summed E-state index contributed by atoms with van der Waals surface area (Å²) in [6.07, 6.45) is 0. The molecular weight excluding hydrogens is 270 g/mol. The standard InChI is InChI=1S/C15H21N3OS/c1-10-5-6-11(2)13(7-10)14-9-20-15(18-17-14)16-12(3)8-19-4/h5-7,12H,8-9H2,1-4H3,(H,16,18)/t12-/m1/s1. The van der Waals surface area contributed by atoms with Gasteiger partial charge in [-0.25, -0.2) is 0 Å². The van der Waals surface area contributed by atoms with Crippen LogP contribution in [0.2, 0.25) is 0 Å². The third kappa shape index (κ3) is 3.84. The molecule has 0 saturated heterocycles. The number of nitrogens with zero attached hydrogens (tertiary/aromatic N) is 2. The average Bonchev–Trinajstić information content (AvgIpc) is 2.43. The molecule has 1 aromatic rings. The van der Waals surface area contributed by atoms with E-state index in [1.807, 2.05) is 6.92 Å². The van der Waals surface area contributed by atoms with Crippen LogP contribution in [-0.2, 0) is 4.74 Å². The SMILES string of the molecule is COC[C@@H](C)N=C1NN=C(c2cc(C)ccc2C)CS1. The van der Waals surface area contributed by atoms with Gasteiger partial charge in [-0.15, -0.1) is 0 Å². The molecule has 0 amide bonds. The molecule has 0 unspecified atom stereocenters. The second-order valence-corrected chi connectivity index (χ2v) is 5.98. The fourth-order valence-corrected chi connectivity index (χ4v) is 2.90. The number of hydrogen-bond donors (Lipinski definition) is 1. The molecule has 0 spiro atoms. The Bertz CT molecular complexity index is 540. The van der Waals surface area contributed by atoms with E-state index >= 15 is 0 Å². The van der Waals surface area contributed by atoms with Crippen molar-refractivity contribution in [1.82, 2.24) is 5.43 Å². The van der Waals surface area contributed by atoms with Gasteiger partial charge in [-0.1, -0.05) is 29.5 Å². The Labute approximate surface area is 124 Å². The van der Waals surface area contributed by atoms with Crippen LogP contribution >= 0.6 is 11.8 Å². The molecule has 5 heteroatoms. The van der Waals surface area contributed by atoms with Gasteiger partial charge >= 0.3 is 0 Å². The minimum atomic E-state index is 0.146. The summed E-state index contributed by atoms with van der Waals surface area (Å²) in [5, 5.41) is 5.33. The molecule has 0 fully saturated rings. The highest BCUT2D eigenvalue weighted by Gasteiger charge is 2.15. The average molecular weight is 291 g/mol. The Morgan fingerprint density at radius 3 is 2.90 bits per heavy atom. The number of nitrogens with one attached hydrogen (secondary N) is 1. The molecule has 0 aromatic heterocycles. The largest absolute Gasteiger partial charge is 0.382 e. The summed E-state index contributed by atoms with van der Waals surface area (Å²) in [7, 11) is 1.69. The molecule has 1 atom stereocenters. The molecule has 1 aromatic carbocycles. The topological polar surface area (TPSA) is 46.0 Å². The number of thioether (sulfide) groups is 1. The maximum atomic E-state index is 5.08. The fraction of sp³-hybridized carbons (Fsp3) is 0.467. The fourth-order valence-electron chi connectivity index (χ4n) is 2.05. The minimum absolute atomic E-state index is 0.146. The first kappa shape index (κ1) is 15.1. The first-order chi connectivity index (χ1) is 9.60. The first-order valence-corrected chi connectivity index (χ1v) is 7.68. The van der Waals surface area contributed by atoms with Crippen LogP contribution in [0, 0.1) is 13.8 Å². The van der Waals surface area contributed by atoms with Gasteiger partial charge in [0.15, 0.2) is 5.17 Å². The predicted octanol–water partition coefficient (Wildman–Crippen LogP) is 2.73. The summed E-state index contributed by atoms with van der Waals surface area (Å²) >= 11 is 1.69. The van der Waals surface area contributed by atoms with Crippen molar-refractivity contribution in [3.05, 3.63) is 34.9 Å². The van der Waals surface area contributed by atoms with E-state index in [1.54, 1.807) is 18.9 Å². The highest BCUT2D eigenvalue weighted by Crippen LogP contribution is 2.18. The summed E-state index contributed by atoms with van der Waals surface area (Å²) < 4.78 is 5.08. The summed E-state index contributed by atoms with van der Waals surface area (Å²) in [5.41, 5.74) is 7.85. The van der Waals surface area contributed by atoms with Gasteiger partial charge in [0.2, 0.25) is 0 Å². The Hall–Kier alpha value is -1.33. The lowest BCUT2D eigenvalue weighted by molar-refractivity contribution is 0.186. The molecule has 1 aliphatic heterocycles. The van der Waals surface area contributed by atoms with E-state index in [2.05, 4.69) is 47.6 Å². The molecule has 0 saturated carbocycles. The molecular formula is C15H21N3OS. The van der Waals surface area contributed by atoms with Gasteiger partial charge in [0.1, 0.15) is 0 Å². The van der Waals surface area contributed by atoms with Crippen LogP contribution in [0.4, 0.5) is 0 Å². The van der Waals surface area contributed by atoms with Gasteiger partial charge in [0.05, 0.1) is 18.4 Å². The molecule has 1 N–H and O–H groups in total. The summed E-state index contributed by atoms with van der Waals surface area (Å²) in [5.74, 6) is 0.843. The highest BCUT2D eigenvalue weighted by atomic mass is 32.2. The van der Waals surface area contributed by atoms with Gasteiger partial charge in [0, 0.05) is 18.4 Å². The lowest BCUT2D eigenvalue weighted by Gasteiger charge is -2.17. The van der Waals surface area contributed by atoms with Crippen LogP contribution < -0.4 is 5.43 Å². The van der Waals surface area contributed by atoms with Gasteiger partial charge in [0.25, 0.3) is 0 Å². The van der Waals surface area contributed by atoms with E-state index in [-0.39, 0.29) is 6.04 Å². The molecule has 20 heavy (non-hydrogen) atoms. The number of amidine groups is 1. The summed E-state index contributed by atoms with van der Waals surface area (Å²) in [6, 6.07) is 6.60. The van der Waals surface area contributed by atoms with Crippen molar-refractivity contribution >= 4 is 22.6 Å².